The van der Waals surface area contributed by atoms with E-state index in [1.54, 1.807) is 36.7 Å². The Balaban J connectivity index is 1.43. The van der Waals surface area contributed by atoms with Crippen molar-refractivity contribution in [3.8, 4) is 0 Å². The van der Waals surface area contributed by atoms with Crippen LogP contribution in [0.5, 0.6) is 0 Å². The number of amides is 2. The van der Waals surface area contributed by atoms with Crippen LogP contribution >= 0.6 is 22.9 Å². The third-order valence-electron chi connectivity index (χ3n) is 5.03. The summed E-state index contributed by atoms with van der Waals surface area (Å²) >= 11 is 7.29. The number of halogens is 1. The molecular weight excluding hydrogens is 358 g/mol. The maximum Gasteiger partial charge on any atom is 0.264 e. The van der Waals surface area contributed by atoms with Crippen LogP contribution in [-0.4, -0.2) is 39.8 Å². The summed E-state index contributed by atoms with van der Waals surface area (Å²) in [5.74, 6) is -0.0000690. The summed E-state index contributed by atoms with van der Waals surface area (Å²) in [5.41, 5.74) is 0.620. The Morgan fingerprint density at radius 3 is 2.40 bits per heavy atom. The zero-order chi connectivity index (χ0) is 17.4. The highest BCUT2D eigenvalue weighted by molar-refractivity contribution is 7.17. The van der Waals surface area contributed by atoms with Gasteiger partial charge in [0, 0.05) is 36.1 Å². The molecule has 2 amide bonds. The summed E-state index contributed by atoms with van der Waals surface area (Å²) in [5, 5.41) is 3.12. The molecule has 0 saturated carbocycles. The minimum absolute atomic E-state index is 0.0725. The molecule has 2 aromatic rings. The van der Waals surface area contributed by atoms with E-state index in [0.29, 0.717) is 14.8 Å². The predicted molar refractivity (Wildman–Crippen MR) is 97.0 cm³/mol. The Labute approximate surface area is 155 Å². The first-order valence-electron chi connectivity index (χ1n) is 8.40. The Hall–Kier alpha value is -1.92. The second-order valence-electron chi connectivity index (χ2n) is 6.58. The Morgan fingerprint density at radius 2 is 1.80 bits per heavy atom. The fourth-order valence-corrected chi connectivity index (χ4v) is 4.94. The highest BCUT2D eigenvalue weighted by Gasteiger charge is 2.44. The summed E-state index contributed by atoms with van der Waals surface area (Å²) in [4.78, 5) is 31.8. The molecule has 1 N–H and O–H groups in total. The molecule has 5 nitrogen and oxygen atoms in total. The fourth-order valence-electron chi connectivity index (χ4n) is 3.95. The molecule has 2 fully saturated rings. The van der Waals surface area contributed by atoms with Crippen LogP contribution in [0.2, 0.25) is 4.34 Å². The van der Waals surface area contributed by atoms with Crippen LogP contribution in [0.4, 0.5) is 0 Å². The van der Waals surface area contributed by atoms with E-state index in [1.807, 2.05) is 4.90 Å². The molecule has 2 aliphatic heterocycles. The smallest absolute Gasteiger partial charge is 0.264 e. The van der Waals surface area contributed by atoms with E-state index in [9.17, 15) is 9.59 Å². The van der Waals surface area contributed by atoms with Crippen molar-refractivity contribution in [2.24, 2.45) is 0 Å². The van der Waals surface area contributed by atoms with E-state index in [0.717, 1.165) is 25.7 Å². The lowest BCUT2D eigenvalue weighted by Gasteiger charge is -2.39. The van der Waals surface area contributed by atoms with Gasteiger partial charge in [-0.2, -0.15) is 0 Å². The van der Waals surface area contributed by atoms with Gasteiger partial charge in [0.1, 0.15) is 0 Å². The molecule has 3 atom stereocenters. The number of fused-ring (bicyclic) bond motifs is 2. The first-order chi connectivity index (χ1) is 12.1. The molecule has 25 heavy (non-hydrogen) atoms. The van der Waals surface area contributed by atoms with Crippen molar-refractivity contribution >= 4 is 34.8 Å². The second-order valence-corrected chi connectivity index (χ2v) is 8.29. The lowest BCUT2D eigenvalue weighted by atomic mass is 9.96. The van der Waals surface area contributed by atoms with Crippen LogP contribution in [0.15, 0.2) is 36.7 Å². The number of thiophene rings is 1. The summed E-state index contributed by atoms with van der Waals surface area (Å²) < 4.78 is 0.634. The number of rotatable bonds is 3. The lowest BCUT2D eigenvalue weighted by molar-refractivity contribution is 0.0554. The van der Waals surface area contributed by atoms with Crippen molar-refractivity contribution in [2.45, 2.75) is 43.8 Å². The Bertz CT molecular complexity index is 781. The van der Waals surface area contributed by atoms with Gasteiger partial charge in [-0.3, -0.25) is 14.6 Å². The van der Waals surface area contributed by atoms with E-state index < -0.39 is 0 Å². The number of carbonyl (C=O) groups excluding carboxylic acids is 2. The summed E-state index contributed by atoms with van der Waals surface area (Å²) in [6, 6.07) is 7.47. The summed E-state index contributed by atoms with van der Waals surface area (Å²) in [6.07, 6.45) is 6.84. The molecule has 1 unspecified atom stereocenters. The lowest BCUT2D eigenvalue weighted by Crippen LogP contribution is -2.52. The number of piperidine rings is 1. The van der Waals surface area contributed by atoms with Gasteiger partial charge in [-0.1, -0.05) is 11.6 Å². The number of carbonyl (C=O) groups is 2. The van der Waals surface area contributed by atoms with Crippen LogP contribution in [0, 0.1) is 0 Å². The normalized spacial score (nSPS) is 25.0. The Kier molecular flexibility index (Phi) is 4.48. The first kappa shape index (κ1) is 16.5. The molecule has 7 heteroatoms. The van der Waals surface area contributed by atoms with Crippen molar-refractivity contribution < 1.29 is 9.59 Å². The van der Waals surface area contributed by atoms with E-state index in [2.05, 4.69) is 10.3 Å². The van der Waals surface area contributed by atoms with Gasteiger partial charge in [-0.15, -0.1) is 11.3 Å². The van der Waals surface area contributed by atoms with Crippen LogP contribution in [0.3, 0.4) is 0 Å². The molecule has 0 aliphatic carbocycles. The minimum atomic E-state index is -0.0726. The predicted octanol–water partition coefficient (Wildman–Crippen LogP) is 3.36. The minimum Gasteiger partial charge on any atom is -0.349 e. The molecule has 0 radical (unpaired) electrons. The molecule has 4 rings (SSSR count). The van der Waals surface area contributed by atoms with Crippen LogP contribution in [0.1, 0.15) is 45.7 Å². The van der Waals surface area contributed by atoms with E-state index in [-0.39, 0.29) is 29.9 Å². The van der Waals surface area contributed by atoms with Crippen LogP contribution in [-0.2, 0) is 0 Å². The Morgan fingerprint density at radius 1 is 1.12 bits per heavy atom. The average Bonchev–Trinajstić information content (AvgIpc) is 3.16. The number of hydrogen-bond acceptors (Lipinski definition) is 4. The average molecular weight is 376 g/mol. The maximum atomic E-state index is 12.8. The van der Waals surface area contributed by atoms with Crippen LogP contribution in [0.25, 0.3) is 0 Å². The van der Waals surface area contributed by atoms with Gasteiger partial charge in [0.15, 0.2) is 0 Å². The highest BCUT2D eigenvalue weighted by atomic mass is 35.5. The third kappa shape index (κ3) is 3.28. The monoisotopic (exact) mass is 375 g/mol. The number of nitrogens with one attached hydrogen (secondary N) is 1. The van der Waals surface area contributed by atoms with E-state index >= 15 is 0 Å². The standard InChI is InChI=1S/C18H18ClN3O2S/c19-16-4-3-15(25-16)18(24)22-13-1-2-14(22)10-12(9-13)21-17(23)11-5-7-20-8-6-11/h3-8,12-14H,1-2,9-10H2,(H,21,23)/t12?,13-,14+. The largest absolute Gasteiger partial charge is 0.349 e. The van der Waals surface area contributed by atoms with Gasteiger partial charge in [0.05, 0.1) is 9.21 Å². The molecule has 4 heterocycles. The van der Waals surface area contributed by atoms with Crippen molar-refractivity contribution in [3.05, 3.63) is 51.4 Å². The van der Waals surface area contributed by atoms with E-state index in [1.165, 1.54) is 11.3 Å². The maximum absolute atomic E-state index is 12.8. The number of aromatic nitrogens is 1. The molecule has 2 aromatic heterocycles. The van der Waals surface area contributed by atoms with Crippen molar-refractivity contribution in [3.63, 3.8) is 0 Å². The number of hydrogen-bond donors (Lipinski definition) is 1. The zero-order valence-corrected chi connectivity index (χ0v) is 15.1. The topological polar surface area (TPSA) is 62.3 Å². The van der Waals surface area contributed by atoms with Gasteiger partial charge in [0.2, 0.25) is 0 Å². The van der Waals surface area contributed by atoms with Gasteiger partial charge < -0.3 is 10.2 Å². The fraction of sp³-hybridized carbons (Fsp3) is 0.389. The molecule has 0 aromatic carbocycles. The number of pyridine rings is 1. The van der Waals surface area contributed by atoms with Gasteiger partial charge in [-0.05, 0) is 49.9 Å². The van der Waals surface area contributed by atoms with Crippen molar-refractivity contribution in [1.29, 1.82) is 0 Å². The van der Waals surface area contributed by atoms with Gasteiger partial charge >= 0.3 is 0 Å². The molecule has 2 bridgehead atoms. The van der Waals surface area contributed by atoms with E-state index in [4.69, 9.17) is 11.6 Å². The third-order valence-corrected chi connectivity index (χ3v) is 6.25. The summed E-state index contributed by atoms with van der Waals surface area (Å²) in [7, 11) is 0. The molecule has 130 valence electrons. The molecule has 2 aliphatic rings. The highest BCUT2D eigenvalue weighted by Crippen LogP contribution is 2.38. The molecule has 0 spiro atoms. The quantitative estimate of drug-likeness (QED) is 0.894. The first-order valence-corrected chi connectivity index (χ1v) is 9.60. The summed E-state index contributed by atoms with van der Waals surface area (Å²) in [6.45, 7) is 0. The number of nitrogens with zero attached hydrogens (tertiary/aromatic N) is 2. The van der Waals surface area contributed by atoms with Gasteiger partial charge in [0.25, 0.3) is 11.8 Å². The molecule has 2 saturated heterocycles. The van der Waals surface area contributed by atoms with Crippen molar-refractivity contribution in [1.82, 2.24) is 15.2 Å². The van der Waals surface area contributed by atoms with Crippen LogP contribution < -0.4 is 5.32 Å². The SMILES string of the molecule is O=C(NC1C[C@H]2CC[C@@H](C1)N2C(=O)c1ccc(Cl)s1)c1ccncc1. The molecular formula is C18H18ClN3O2S. The zero-order valence-electron chi connectivity index (χ0n) is 13.5. The van der Waals surface area contributed by atoms with Crippen molar-refractivity contribution in [2.75, 3.05) is 0 Å². The second kappa shape index (κ2) is 6.77. The van der Waals surface area contributed by atoms with Gasteiger partial charge in [-0.25, -0.2) is 0 Å².